The van der Waals surface area contributed by atoms with Crippen molar-refractivity contribution in [1.82, 2.24) is 9.80 Å². The average Bonchev–Trinajstić information content (AvgIpc) is 3.15. The predicted molar refractivity (Wildman–Crippen MR) is 120 cm³/mol. The molecule has 1 saturated carbocycles. The summed E-state index contributed by atoms with van der Waals surface area (Å²) < 4.78 is 26.4. The van der Waals surface area contributed by atoms with Crippen LogP contribution in [0, 0.1) is 11.7 Å². The van der Waals surface area contributed by atoms with Gasteiger partial charge < -0.3 is 24.6 Å². The van der Waals surface area contributed by atoms with E-state index >= 15 is 0 Å². The Morgan fingerprint density at radius 2 is 1.94 bits per heavy atom. The molecule has 3 saturated heterocycles. The van der Waals surface area contributed by atoms with Crippen molar-refractivity contribution in [2.75, 3.05) is 32.8 Å². The van der Waals surface area contributed by atoms with Crippen molar-refractivity contribution in [1.29, 1.82) is 0 Å². The average molecular weight is 463 g/mol. The van der Waals surface area contributed by atoms with Crippen LogP contribution in [0.2, 0.25) is 0 Å². The van der Waals surface area contributed by atoms with Gasteiger partial charge in [0.2, 0.25) is 0 Å². The number of benzene rings is 1. The first-order valence-corrected chi connectivity index (χ1v) is 12.2. The van der Waals surface area contributed by atoms with E-state index in [-0.39, 0.29) is 29.4 Å². The smallest absolute Gasteiger partial charge is 0.407 e. The summed E-state index contributed by atoms with van der Waals surface area (Å²) in [5.41, 5.74) is -0.0314. The summed E-state index contributed by atoms with van der Waals surface area (Å²) in [5.74, 6) is 1.03. The van der Waals surface area contributed by atoms with Crippen LogP contribution >= 0.6 is 0 Å². The number of hydrogen-bond acceptors (Lipinski definition) is 5. The van der Waals surface area contributed by atoms with E-state index in [4.69, 9.17) is 14.6 Å². The van der Waals surface area contributed by atoms with Crippen LogP contribution in [0.4, 0.5) is 9.18 Å². The molecule has 1 aliphatic carbocycles. The Bertz CT molecular complexity index is 883. The highest BCUT2D eigenvalue weighted by Crippen LogP contribution is 2.43. The molecule has 0 unspecified atom stereocenters. The highest BCUT2D eigenvalue weighted by molar-refractivity contribution is 5.66. The summed E-state index contributed by atoms with van der Waals surface area (Å²) in [6.07, 6.45) is 3.58. The molecule has 3 heterocycles. The van der Waals surface area contributed by atoms with Crippen LogP contribution in [0.1, 0.15) is 57.4 Å². The SMILES string of the molecule is CC(C)(O)C1CC(Oc2ccc(F)cc2C2CCN([C@@H]3COC4(C3)CN(C(=O)O)C4)CC2)C1. The Morgan fingerprint density at radius 3 is 2.58 bits per heavy atom. The molecule has 0 radical (unpaired) electrons. The van der Waals surface area contributed by atoms with Gasteiger partial charge in [-0.2, -0.15) is 0 Å². The van der Waals surface area contributed by atoms with Crippen molar-refractivity contribution in [3.05, 3.63) is 29.6 Å². The number of piperidine rings is 1. The third kappa shape index (κ3) is 4.57. The summed E-state index contributed by atoms with van der Waals surface area (Å²) in [4.78, 5) is 15.0. The zero-order chi connectivity index (χ0) is 23.4. The van der Waals surface area contributed by atoms with Crippen molar-refractivity contribution in [2.24, 2.45) is 5.92 Å². The van der Waals surface area contributed by atoms with Gasteiger partial charge in [0.1, 0.15) is 17.2 Å². The molecule has 182 valence electrons. The van der Waals surface area contributed by atoms with Crippen molar-refractivity contribution in [2.45, 2.75) is 75.2 Å². The van der Waals surface area contributed by atoms with Gasteiger partial charge in [-0.15, -0.1) is 0 Å². The lowest BCUT2D eigenvalue weighted by Crippen LogP contribution is -2.63. The van der Waals surface area contributed by atoms with E-state index in [1.165, 1.54) is 11.0 Å². The molecule has 7 nitrogen and oxygen atoms in total. The van der Waals surface area contributed by atoms with E-state index in [1.54, 1.807) is 12.1 Å². The highest BCUT2D eigenvalue weighted by atomic mass is 19.1. The van der Waals surface area contributed by atoms with Crippen LogP contribution in [-0.2, 0) is 4.74 Å². The van der Waals surface area contributed by atoms with Gasteiger partial charge in [0.15, 0.2) is 0 Å². The van der Waals surface area contributed by atoms with Gasteiger partial charge >= 0.3 is 6.09 Å². The molecule has 0 aromatic heterocycles. The number of aliphatic hydroxyl groups is 1. The largest absolute Gasteiger partial charge is 0.490 e. The molecule has 33 heavy (non-hydrogen) atoms. The molecule has 8 heteroatoms. The summed E-state index contributed by atoms with van der Waals surface area (Å²) in [6.45, 7) is 7.10. The van der Waals surface area contributed by atoms with Gasteiger partial charge in [-0.1, -0.05) is 0 Å². The van der Waals surface area contributed by atoms with Gasteiger partial charge in [-0.3, -0.25) is 4.90 Å². The Morgan fingerprint density at radius 1 is 1.24 bits per heavy atom. The number of likely N-dealkylation sites (tertiary alicyclic amines) is 2. The van der Waals surface area contributed by atoms with Crippen LogP contribution in [0.25, 0.3) is 0 Å². The maximum Gasteiger partial charge on any atom is 0.407 e. The second-order valence-electron chi connectivity index (χ2n) is 11.0. The predicted octanol–water partition coefficient (Wildman–Crippen LogP) is 3.45. The number of hydrogen-bond donors (Lipinski definition) is 2. The molecule has 4 aliphatic rings. The zero-order valence-corrected chi connectivity index (χ0v) is 19.5. The van der Waals surface area contributed by atoms with Crippen LogP contribution in [0.15, 0.2) is 18.2 Å². The fourth-order valence-corrected chi connectivity index (χ4v) is 6.00. The summed E-state index contributed by atoms with van der Waals surface area (Å²) in [5, 5.41) is 19.3. The number of ether oxygens (including phenoxy) is 2. The molecule has 1 atom stereocenters. The maximum atomic E-state index is 14.1. The van der Waals surface area contributed by atoms with Gasteiger partial charge in [0, 0.05) is 11.6 Å². The third-order valence-electron chi connectivity index (χ3n) is 8.26. The number of nitrogens with zero attached hydrogens (tertiary/aromatic N) is 2. The number of rotatable bonds is 5. The molecule has 1 aromatic rings. The normalized spacial score (nSPS) is 30.2. The molecule has 5 rings (SSSR count). The van der Waals surface area contributed by atoms with E-state index in [0.29, 0.717) is 25.7 Å². The molecule has 1 aromatic carbocycles. The van der Waals surface area contributed by atoms with Gasteiger partial charge in [0.25, 0.3) is 0 Å². The van der Waals surface area contributed by atoms with Gasteiger partial charge in [0.05, 0.1) is 31.4 Å². The number of halogens is 1. The molecular weight excluding hydrogens is 427 g/mol. The summed E-state index contributed by atoms with van der Waals surface area (Å²) >= 11 is 0. The quantitative estimate of drug-likeness (QED) is 0.698. The molecule has 1 spiro atoms. The highest BCUT2D eigenvalue weighted by Gasteiger charge is 2.52. The topological polar surface area (TPSA) is 82.5 Å². The molecule has 0 bridgehead atoms. The number of carboxylic acid groups (broad SMARTS) is 1. The van der Waals surface area contributed by atoms with Gasteiger partial charge in [-0.05, 0) is 89.1 Å². The van der Waals surface area contributed by atoms with E-state index < -0.39 is 11.7 Å². The van der Waals surface area contributed by atoms with E-state index in [1.807, 2.05) is 13.8 Å². The Kier molecular flexibility index (Phi) is 5.82. The van der Waals surface area contributed by atoms with Crippen molar-refractivity contribution < 1.29 is 28.9 Å². The van der Waals surface area contributed by atoms with E-state index in [9.17, 15) is 14.3 Å². The van der Waals surface area contributed by atoms with Crippen LogP contribution in [0.3, 0.4) is 0 Å². The lowest BCUT2D eigenvalue weighted by Gasteiger charge is -2.45. The second kappa shape index (κ2) is 8.40. The first-order chi connectivity index (χ1) is 15.6. The molecular formula is C25H35FN2O5. The van der Waals surface area contributed by atoms with Gasteiger partial charge in [-0.25, -0.2) is 9.18 Å². The molecule has 2 N–H and O–H groups in total. The standard InChI is InChI=1S/C25H35FN2O5/c1-24(2,31)17-9-20(10-17)33-22-4-3-18(26)11-21(22)16-5-7-27(8-6-16)19-12-25(32-13-19)14-28(15-25)23(29)30/h3-4,11,16-17,19-20,31H,5-10,12-15H2,1-2H3,(H,29,30)/t17?,19-,20?/m0/s1. The minimum atomic E-state index is -0.876. The first-order valence-electron chi connectivity index (χ1n) is 12.2. The van der Waals surface area contributed by atoms with Crippen LogP contribution < -0.4 is 4.74 Å². The summed E-state index contributed by atoms with van der Waals surface area (Å²) in [6, 6.07) is 5.17. The third-order valence-corrected chi connectivity index (χ3v) is 8.26. The number of amides is 1. The first kappa shape index (κ1) is 22.9. The Balaban J connectivity index is 1.16. The Hall–Kier alpha value is -1.90. The lowest BCUT2D eigenvalue weighted by atomic mass is 9.72. The second-order valence-corrected chi connectivity index (χ2v) is 11.0. The molecule has 4 fully saturated rings. The number of carbonyl (C=O) groups is 1. The van der Waals surface area contributed by atoms with Crippen LogP contribution in [0.5, 0.6) is 5.75 Å². The fourth-order valence-electron chi connectivity index (χ4n) is 6.00. The fraction of sp³-hybridized carbons (Fsp3) is 0.720. The molecule has 3 aliphatic heterocycles. The van der Waals surface area contributed by atoms with Crippen molar-refractivity contribution >= 4 is 6.09 Å². The zero-order valence-electron chi connectivity index (χ0n) is 19.5. The maximum absolute atomic E-state index is 14.1. The molecule has 1 amide bonds. The lowest BCUT2D eigenvalue weighted by molar-refractivity contribution is -0.0982. The van der Waals surface area contributed by atoms with Crippen molar-refractivity contribution in [3.63, 3.8) is 0 Å². The monoisotopic (exact) mass is 462 g/mol. The van der Waals surface area contributed by atoms with Crippen LogP contribution in [-0.4, -0.2) is 82.2 Å². The van der Waals surface area contributed by atoms with E-state index in [2.05, 4.69) is 4.90 Å². The minimum absolute atomic E-state index is 0.0744. The summed E-state index contributed by atoms with van der Waals surface area (Å²) in [7, 11) is 0. The van der Waals surface area contributed by atoms with E-state index in [0.717, 1.165) is 56.5 Å². The minimum Gasteiger partial charge on any atom is -0.490 e. The van der Waals surface area contributed by atoms with Crippen molar-refractivity contribution in [3.8, 4) is 5.75 Å². The Labute approximate surface area is 194 Å².